The minimum Gasteiger partial charge on any atom is -0.319 e. The summed E-state index contributed by atoms with van der Waals surface area (Å²) in [6.07, 6.45) is 0. The van der Waals surface area contributed by atoms with Crippen LogP contribution in [0.3, 0.4) is 0 Å². The molecule has 2 aromatic carbocycles. The van der Waals surface area contributed by atoms with Gasteiger partial charge in [-0.25, -0.2) is 0 Å². The fourth-order valence-corrected chi connectivity index (χ4v) is 2.46. The van der Waals surface area contributed by atoms with Gasteiger partial charge in [0.15, 0.2) is 0 Å². The molecule has 2 aromatic rings. The average Bonchev–Trinajstić information content (AvgIpc) is 2.55. The number of rotatable bonds is 6. The number of hydrogen-bond donors (Lipinski definition) is 1. The fraction of sp³-hybridized carbons (Fsp3) is 0.278. The van der Waals surface area contributed by atoms with Crippen LogP contribution in [0.5, 0.6) is 0 Å². The molecular formula is C18H22Cl2N2O. The standard InChI is InChI=1S/C18H21ClN2O.ClH/c1-14(12-20-2)18(22)21(17-6-4-3-5-7-17)13-15-8-10-16(19)11-9-15;/h3-11,14,20H,12-13H2,1-2H3;1H. The van der Waals surface area contributed by atoms with Gasteiger partial charge in [-0.15, -0.1) is 12.4 Å². The van der Waals surface area contributed by atoms with Crippen LogP contribution in [-0.2, 0) is 11.3 Å². The van der Waals surface area contributed by atoms with Gasteiger partial charge in [-0.1, -0.05) is 48.9 Å². The van der Waals surface area contributed by atoms with Gasteiger partial charge < -0.3 is 10.2 Å². The van der Waals surface area contributed by atoms with Gasteiger partial charge in [-0.2, -0.15) is 0 Å². The van der Waals surface area contributed by atoms with E-state index < -0.39 is 0 Å². The summed E-state index contributed by atoms with van der Waals surface area (Å²) in [7, 11) is 1.86. The molecule has 0 aliphatic heterocycles. The first-order valence-electron chi connectivity index (χ1n) is 7.37. The largest absolute Gasteiger partial charge is 0.319 e. The Bertz CT molecular complexity index is 602. The van der Waals surface area contributed by atoms with Crippen molar-refractivity contribution in [2.75, 3.05) is 18.5 Å². The van der Waals surface area contributed by atoms with E-state index in [9.17, 15) is 4.79 Å². The van der Waals surface area contributed by atoms with Crippen molar-refractivity contribution in [3.05, 3.63) is 65.2 Å². The number of carbonyl (C=O) groups excluding carboxylic acids is 1. The molecule has 3 nitrogen and oxygen atoms in total. The molecule has 1 amide bonds. The lowest BCUT2D eigenvalue weighted by Gasteiger charge is -2.26. The Hall–Kier alpha value is -1.55. The Morgan fingerprint density at radius 1 is 1.13 bits per heavy atom. The number of nitrogens with zero attached hydrogens (tertiary/aromatic N) is 1. The van der Waals surface area contributed by atoms with E-state index in [0.717, 1.165) is 11.3 Å². The first kappa shape index (κ1) is 19.5. The highest BCUT2D eigenvalue weighted by atomic mass is 35.5. The third-order valence-electron chi connectivity index (χ3n) is 3.52. The van der Waals surface area contributed by atoms with E-state index in [1.165, 1.54) is 0 Å². The van der Waals surface area contributed by atoms with E-state index in [1.54, 1.807) is 0 Å². The summed E-state index contributed by atoms with van der Waals surface area (Å²) >= 11 is 5.93. The molecule has 0 aliphatic rings. The molecule has 0 radical (unpaired) electrons. The van der Waals surface area contributed by atoms with Crippen molar-refractivity contribution >= 4 is 35.6 Å². The zero-order valence-corrected chi connectivity index (χ0v) is 14.9. The van der Waals surface area contributed by atoms with Crippen molar-refractivity contribution < 1.29 is 4.79 Å². The van der Waals surface area contributed by atoms with Crippen LogP contribution in [0.1, 0.15) is 12.5 Å². The topological polar surface area (TPSA) is 32.3 Å². The molecule has 0 bridgehead atoms. The molecule has 1 unspecified atom stereocenters. The van der Waals surface area contributed by atoms with Crippen molar-refractivity contribution in [2.24, 2.45) is 5.92 Å². The van der Waals surface area contributed by atoms with E-state index in [2.05, 4.69) is 5.32 Å². The maximum absolute atomic E-state index is 12.8. The van der Waals surface area contributed by atoms with Gasteiger partial charge in [0.25, 0.3) is 0 Å². The maximum atomic E-state index is 12.8. The van der Waals surface area contributed by atoms with Crippen LogP contribution in [0, 0.1) is 5.92 Å². The van der Waals surface area contributed by atoms with E-state index in [0.29, 0.717) is 18.1 Å². The maximum Gasteiger partial charge on any atom is 0.231 e. The van der Waals surface area contributed by atoms with Crippen molar-refractivity contribution in [2.45, 2.75) is 13.5 Å². The smallest absolute Gasteiger partial charge is 0.231 e. The summed E-state index contributed by atoms with van der Waals surface area (Å²) in [5, 5.41) is 3.76. The fourth-order valence-electron chi connectivity index (χ4n) is 2.34. The van der Waals surface area contributed by atoms with Crippen molar-refractivity contribution in [3.63, 3.8) is 0 Å². The van der Waals surface area contributed by atoms with Crippen molar-refractivity contribution in [3.8, 4) is 0 Å². The quantitative estimate of drug-likeness (QED) is 0.846. The van der Waals surface area contributed by atoms with Crippen molar-refractivity contribution in [1.29, 1.82) is 0 Å². The highest BCUT2D eigenvalue weighted by Gasteiger charge is 2.21. The highest BCUT2D eigenvalue weighted by Crippen LogP contribution is 2.20. The number of anilines is 1. The van der Waals surface area contributed by atoms with E-state index >= 15 is 0 Å². The average molecular weight is 353 g/mol. The number of halogens is 2. The number of benzene rings is 2. The van der Waals surface area contributed by atoms with E-state index in [1.807, 2.05) is 73.5 Å². The Balaban J connectivity index is 0.00000264. The lowest BCUT2D eigenvalue weighted by atomic mass is 10.1. The molecule has 0 aromatic heterocycles. The van der Waals surface area contributed by atoms with Crippen LogP contribution in [0.4, 0.5) is 5.69 Å². The third-order valence-corrected chi connectivity index (χ3v) is 3.77. The Morgan fingerprint density at radius 2 is 1.74 bits per heavy atom. The number of carbonyl (C=O) groups is 1. The van der Waals surface area contributed by atoms with Gasteiger partial charge in [0.2, 0.25) is 5.91 Å². The Morgan fingerprint density at radius 3 is 2.30 bits per heavy atom. The molecule has 0 fully saturated rings. The summed E-state index contributed by atoms with van der Waals surface area (Å²) < 4.78 is 0. The third kappa shape index (κ3) is 5.54. The predicted octanol–water partition coefficient (Wildman–Crippen LogP) is 4.15. The zero-order valence-electron chi connectivity index (χ0n) is 13.3. The lowest BCUT2D eigenvalue weighted by molar-refractivity contribution is -0.121. The van der Waals surface area contributed by atoms with Gasteiger partial charge in [0, 0.05) is 23.2 Å². The van der Waals surface area contributed by atoms with E-state index in [-0.39, 0.29) is 24.2 Å². The summed E-state index contributed by atoms with van der Waals surface area (Å²) in [5.74, 6) is 0.0213. The Kier molecular flexibility index (Phi) is 8.10. The molecule has 23 heavy (non-hydrogen) atoms. The number of hydrogen-bond acceptors (Lipinski definition) is 2. The van der Waals surface area contributed by atoms with Crippen LogP contribution in [-0.4, -0.2) is 19.5 Å². The van der Waals surface area contributed by atoms with Crippen LogP contribution in [0.25, 0.3) is 0 Å². The highest BCUT2D eigenvalue weighted by molar-refractivity contribution is 6.30. The summed E-state index contributed by atoms with van der Waals surface area (Å²) in [6, 6.07) is 17.4. The molecule has 2 rings (SSSR count). The minimum absolute atomic E-state index is 0. The molecule has 0 saturated carbocycles. The minimum atomic E-state index is -0.0856. The predicted molar refractivity (Wildman–Crippen MR) is 99.4 cm³/mol. The normalized spacial score (nSPS) is 11.4. The summed E-state index contributed by atoms with van der Waals surface area (Å²) in [6.45, 7) is 3.13. The molecule has 5 heteroatoms. The first-order chi connectivity index (χ1) is 10.6. The van der Waals surface area contributed by atoms with Crippen LogP contribution in [0.2, 0.25) is 5.02 Å². The number of nitrogens with one attached hydrogen (secondary N) is 1. The molecule has 0 spiro atoms. The van der Waals surface area contributed by atoms with Gasteiger partial charge in [-0.05, 0) is 36.9 Å². The second kappa shape index (κ2) is 9.56. The molecule has 0 heterocycles. The van der Waals surface area contributed by atoms with Crippen LogP contribution >= 0.6 is 24.0 Å². The second-order valence-corrected chi connectivity index (χ2v) is 5.78. The lowest BCUT2D eigenvalue weighted by Crippen LogP contribution is -2.38. The molecule has 124 valence electrons. The molecular weight excluding hydrogens is 331 g/mol. The number of para-hydroxylation sites is 1. The van der Waals surface area contributed by atoms with Crippen LogP contribution < -0.4 is 10.2 Å². The summed E-state index contributed by atoms with van der Waals surface area (Å²) in [5.41, 5.74) is 1.96. The Labute approximate surface area is 149 Å². The zero-order chi connectivity index (χ0) is 15.9. The second-order valence-electron chi connectivity index (χ2n) is 5.35. The SMILES string of the molecule is CNCC(C)C(=O)N(Cc1ccc(Cl)cc1)c1ccccc1.Cl. The number of amides is 1. The van der Waals surface area contributed by atoms with E-state index in [4.69, 9.17) is 11.6 Å². The van der Waals surface area contributed by atoms with Crippen LogP contribution in [0.15, 0.2) is 54.6 Å². The summed E-state index contributed by atoms with van der Waals surface area (Å²) in [4.78, 5) is 14.6. The monoisotopic (exact) mass is 352 g/mol. The van der Waals surface area contributed by atoms with Crippen molar-refractivity contribution in [1.82, 2.24) is 5.32 Å². The first-order valence-corrected chi connectivity index (χ1v) is 7.75. The van der Waals surface area contributed by atoms with Gasteiger partial charge in [0.05, 0.1) is 6.54 Å². The van der Waals surface area contributed by atoms with Gasteiger partial charge in [-0.3, -0.25) is 4.79 Å². The molecule has 0 saturated heterocycles. The van der Waals surface area contributed by atoms with Gasteiger partial charge in [0.1, 0.15) is 0 Å². The molecule has 1 atom stereocenters. The molecule has 1 N–H and O–H groups in total. The van der Waals surface area contributed by atoms with Gasteiger partial charge >= 0.3 is 0 Å². The molecule has 0 aliphatic carbocycles.